The van der Waals surface area contributed by atoms with Crippen LogP contribution in [0.5, 0.6) is 0 Å². The van der Waals surface area contributed by atoms with Crippen molar-refractivity contribution in [3.63, 3.8) is 0 Å². The molecule has 0 aromatic rings. The van der Waals surface area contributed by atoms with Crippen molar-refractivity contribution in [2.75, 3.05) is 27.4 Å². The van der Waals surface area contributed by atoms with E-state index < -0.39 is 5.54 Å². The molecule has 1 amide bonds. The fraction of sp³-hybridized carbons (Fsp3) is 0.909. The van der Waals surface area contributed by atoms with Gasteiger partial charge in [-0.3, -0.25) is 4.79 Å². The number of hydrogen-bond acceptors (Lipinski definition) is 4. The molecule has 5 heteroatoms. The number of rotatable bonds is 8. The molecular weight excluding hydrogens is 208 g/mol. The van der Waals surface area contributed by atoms with Crippen LogP contribution in [0.3, 0.4) is 0 Å². The number of nitrogens with one attached hydrogen (secondary N) is 1. The minimum absolute atomic E-state index is 0.0316. The van der Waals surface area contributed by atoms with Crippen molar-refractivity contribution in [2.24, 2.45) is 11.7 Å². The first kappa shape index (κ1) is 13.4. The number of nitrogens with two attached hydrogens (primary N) is 1. The zero-order chi connectivity index (χ0) is 12.2. The molecule has 1 rings (SSSR count). The Labute approximate surface area is 96.7 Å². The molecule has 0 aromatic carbocycles. The van der Waals surface area contributed by atoms with E-state index in [-0.39, 0.29) is 12.0 Å². The lowest BCUT2D eigenvalue weighted by molar-refractivity contribution is -0.129. The van der Waals surface area contributed by atoms with Gasteiger partial charge in [-0.2, -0.15) is 0 Å². The molecule has 1 aliphatic carbocycles. The highest BCUT2D eigenvalue weighted by Crippen LogP contribution is 2.39. The molecule has 1 aliphatic rings. The van der Waals surface area contributed by atoms with Crippen LogP contribution in [0, 0.1) is 5.92 Å². The summed E-state index contributed by atoms with van der Waals surface area (Å²) in [6.07, 6.45) is 2.04. The first-order valence-corrected chi connectivity index (χ1v) is 5.66. The van der Waals surface area contributed by atoms with Gasteiger partial charge in [0, 0.05) is 7.11 Å². The van der Waals surface area contributed by atoms with Crippen LogP contribution in [0.25, 0.3) is 0 Å². The third-order valence-corrected chi connectivity index (χ3v) is 3.16. The molecule has 2 atom stereocenters. The highest BCUT2D eigenvalue weighted by atomic mass is 16.5. The van der Waals surface area contributed by atoms with Gasteiger partial charge in [-0.15, -0.1) is 0 Å². The van der Waals surface area contributed by atoms with Crippen LogP contribution in [0.4, 0.5) is 0 Å². The third kappa shape index (κ3) is 2.93. The maximum absolute atomic E-state index is 11.6. The number of methoxy groups -OCH3 is 1. The highest BCUT2D eigenvalue weighted by Gasteiger charge is 2.49. The number of carbonyl (C=O) groups excluding carboxylic acids is 1. The van der Waals surface area contributed by atoms with Crippen LogP contribution in [0.1, 0.15) is 19.8 Å². The van der Waals surface area contributed by atoms with Crippen LogP contribution in [-0.4, -0.2) is 44.9 Å². The van der Waals surface area contributed by atoms with Crippen molar-refractivity contribution in [1.82, 2.24) is 5.32 Å². The Balaban J connectivity index is 2.53. The van der Waals surface area contributed by atoms with E-state index in [1.807, 2.05) is 6.92 Å². The van der Waals surface area contributed by atoms with Gasteiger partial charge in [0.1, 0.15) is 5.54 Å². The summed E-state index contributed by atoms with van der Waals surface area (Å²) >= 11 is 0. The molecular formula is C11H22N2O3. The van der Waals surface area contributed by atoms with Crippen LogP contribution in [-0.2, 0) is 14.3 Å². The predicted molar refractivity (Wildman–Crippen MR) is 61.0 cm³/mol. The Morgan fingerprint density at radius 2 is 2.25 bits per heavy atom. The molecule has 0 heterocycles. The Morgan fingerprint density at radius 3 is 2.62 bits per heavy atom. The second kappa shape index (κ2) is 5.61. The number of ether oxygens (including phenoxy) is 2. The van der Waals surface area contributed by atoms with E-state index in [1.165, 1.54) is 0 Å². The Bertz CT molecular complexity index is 243. The molecule has 1 saturated carbocycles. The average molecular weight is 230 g/mol. The first-order chi connectivity index (χ1) is 7.56. The first-order valence-electron chi connectivity index (χ1n) is 5.66. The maximum Gasteiger partial charge on any atom is 0.240 e. The van der Waals surface area contributed by atoms with Gasteiger partial charge in [0.25, 0.3) is 0 Å². The van der Waals surface area contributed by atoms with Crippen LogP contribution >= 0.6 is 0 Å². The van der Waals surface area contributed by atoms with Gasteiger partial charge in [-0.05, 0) is 32.7 Å². The average Bonchev–Trinajstić information content (AvgIpc) is 3.04. The normalized spacial score (nSPS) is 21.4. The molecule has 0 saturated heterocycles. The molecule has 94 valence electrons. The smallest absolute Gasteiger partial charge is 0.240 e. The monoisotopic (exact) mass is 230 g/mol. The SMILES string of the molecule is CNC(COC(C)COC)(C(N)=O)C1CC1. The second-order valence-corrected chi connectivity index (χ2v) is 4.44. The number of likely N-dealkylation sites (N-methyl/N-ethyl adjacent to an activating group) is 1. The largest absolute Gasteiger partial charge is 0.382 e. The Morgan fingerprint density at radius 1 is 1.62 bits per heavy atom. The van der Waals surface area contributed by atoms with E-state index in [1.54, 1.807) is 14.2 Å². The summed E-state index contributed by atoms with van der Waals surface area (Å²) in [5, 5.41) is 3.03. The lowest BCUT2D eigenvalue weighted by atomic mass is 9.93. The fourth-order valence-corrected chi connectivity index (χ4v) is 1.92. The summed E-state index contributed by atoms with van der Waals surface area (Å²) in [5.74, 6) is -0.0214. The molecule has 0 aliphatic heterocycles. The Hall–Kier alpha value is -0.650. The molecule has 0 bridgehead atoms. The van der Waals surface area contributed by atoms with Gasteiger partial charge >= 0.3 is 0 Å². The van der Waals surface area contributed by atoms with Crippen LogP contribution in [0.2, 0.25) is 0 Å². The predicted octanol–water partition coefficient (Wildman–Crippen LogP) is -0.109. The van der Waals surface area contributed by atoms with Gasteiger partial charge in [-0.1, -0.05) is 0 Å². The van der Waals surface area contributed by atoms with Crippen LogP contribution in [0.15, 0.2) is 0 Å². The molecule has 0 spiro atoms. The summed E-state index contributed by atoms with van der Waals surface area (Å²) in [4.78, 5) is 11.6. The van der Waals surface area contributed by atoms with E-state index in [0.29, 0.717) is 19.1 Å². The highest BCUT2D eigenvalue weighted by molar-refractivity contribution is 5.85. The van der Waals surface area contributed by atoms with Crippen LogP contribution < -0.4 is 11.1 Å². The topological polar surface area (TPSA) is 73.6 Å². The number of hydrogen-bond donors (Lipinski definition) is 2. The van der Waals surface area contributed by atoms with E-state index in [4.69, 9.17) is 15.2 Å². The summed E-state index contributed by atoms with van der Waals surface area (Å²) in [6, 6.07) is 0. The number of amides is 1. The summed E-state index contributed by atoms with van der Waals surface area (Å²) in [5.41, 5.74) is 4.76. The van der Waals surface area contributed by atoms with E-state index in [9.17, 15) is 4.79 Å². The molecule has 3 N–H and O–H groups in total. The zero-order valence-corrected chi connectivity index (χ0v) is 10.3. The van der Waals surface area contributed by atoms with Gasteiger partial charge in [-0.25, -0.2) is 0 Å². The number of carbonyl (C=O) groups is 1. The van der Waals surface area contributed by atoms with Gasteiger partial charge in [0.05, 0.1) is 19.3 Å². The lowest BCUT2D eigenvalue weighted by Crippen LogP contribution is -2.59. The lowest BCUT2D eigenvalue weighted by Gasteiger charge is -2.31. The van der Waals surface area contributed by atoms with Gasteiger partial charge < -0.3 is 20.5 Å². The van der Waals surface area contributed by atoms with Gasteiger partial charge in [0.2, 0.25) is 5.91 Å². The summed E-state index contributed by atoms with van der Waals surface area (Å²) in [6.45, 7) is 2.75. The van der Waals surface area contributed by atoms with E-state index in [2.05, 4.69) is 5.32 Å². The van der Waals surface area contributed by atoms with Crippen molar-refractivity contribution in [1.29, 1.82) is 0 Å². The molecule has 0 radical (unpaired) electrons. The fourth-order valence-electron chi connectivity index (χ4n) is 1.92. The number of primary amides is 1. The van der Waals surface area contributed by atoms with Crippen molar-refractivity contribution in [2.45, 2.75) is 31.4 Å². The third-order valence-electron chi connectivity index (χ3n) is 3.16. The zero-order valence-electron chi connectivity index (χ0n) is 10.3. The van der Waals surface area contributed by atoms with Crippen molar-refractivity contribution >= 4 is 5.91 Å². The molecule has 16 heavy (non-hydrogen) atoms. The molecule has 0 aromatic heterocycles. The molecule has 2 unspecified atom stereocenters. The second-order valence-electron chi connectivity index (χ2n) is 4.44. The minimum atomic E-state index is -0.706. The van der Waals surface area contributed by atoms with E-state index >= 15 is 0 Å². The molecule has 5 nitrogen and oxygen atoms in total. The van der Waals surface area contributed by atoms with Crippen molar-refractivity contribution in [3.05, 3.63) is 0 Å². The molecule has 1 fully saturated rings. The summed E-state index contributed by atoms with van der Waals surface area (Å²) in [7, 11) is 3.38. The quantitative estimate of drug-likeness (QED) is 0.610. The minimum Gasteiger partial charge on any atom is -0.382 e. The standard InChI is InChI=1S/C11H22N2O3/c1-8(6-15-3)16-7-11(13-2,10(12)14)9-4-5-9/h8-9,13H,4-7H2,1-3H3,(H2,12,14). The van der Waals surface area contributed by atoms with E-state index in [0.717, 1.165) is 12.8 Å². The summed E-state index contributed by atoms with van der Waals surface area (Å²) < 4.78 is 10.6. The Kier molecular flexibility index (Phi) is 4.70. The maximum atomic E-state index is 11.6. The van der Waals surface area contributed by atoms with Crippen molar-refractivity contribution in [3.8, 4) is 0 Å². The van der Waals surface area contributed by atoms with Gasteiger partial charge in [0.15, 0.2) is 0 Å². The van der Waals surface area contributed by atoms with Crippen molar-refractivity contribution < 1.29 is 14.3 Å².